The zero-order valence-corrected chi connectivity index (χ0v) is 7.49. The van der Waals surface area contributed by atoms with E-state index >= 15 is 0 Å². The number of halogens is 1. The first-order valence-corrected chi connectivity index (χ1v) is 4.24. The average Bonchev–Trinajstić information content (AvgIpc) is 2.46. The maximum Gasteiger partial charge on any atom is 0.0682 e. The lowest BCUT2D eigenvalue weighted by molar-refractivity contribution is 0.184. The molecular formula is C8H16ClNO. The molecule has 0 amide bonds. The van der Waals surface area contributed by atoms with Crippen molar-refractivity contribution < 1.29 is 5.11 Å². The largest absolute Gasteiger partial charge is 0.392 e. The molecule has 11 heavy (non-hydrogen) atoms. The van der Waals surface area contributed by atoms with Crippen LogP contribution in [0.2, 0.25) is 0 Å². The Morgan fingerprint density at radius 3 is 2.36 bits per heavy atom. The van der Waals surface area contributed by atoms with Gasteiger partial charge in [-0.25, -0.2) is 0 Å². The number of β-amino-alcohol motifs (C(OH)–C–C–N with tert-alkyl or cyclic N) is 1. The van der Waals surface area contributed by atoms with Crippen molar-refractivity contribution >= 4 is 12.4 Å². The Hall–Kier alpha value is 0.210. The van der Waals surface area contributed by atoms with Crippen LogP contribution < -0.4 is 5.32 Å². The molecule has 1 saturated carbocycles. The van der Waals surface area contributed by atoms with Crippen LogP contribution >= 0.6 is 12.4 Å². The van der Waals surface area contributed by atoms with Gasteiger partial charge in [0, 0.05) is 12.1 Å². The van der Waals surface area contributed by atoms with Crippen LogP contribution in [0.25, 0.3) is 0 Å². The van der Waals surface area contributed by atoms with Crippen molar-refractivity contribution in [2.24, 2.45) is 0 Å². The molecule has 1 aliphatic carbocycles. The number of aliphatic hydroxyl groups is 1. The molecule has 2 aliphatic rings. The van der Waals surface area contributed by atoms with Crippen LogP contribution in [0.15, 0.2) is 0 Å². The Bertz CT molecular complexity index is 134. The molecule has 2 nitrogen and oxygen atoms in total. The molecular weight excluding hydrogens is 162 g/mol. The summed E-state index contributed by atoms with van der Waals surface area (Å²) in [5.41, 5.74) is 0.361. The average molecular weight is 178 g/mol. The van der Waals surface area contributed by atoms with E-state index in [-0.39, 0.29) is 18.5 Å². The minimum Gasteiger partial charge on any atom is -0.392 e. The Morgan fingerprint density at radius 1 is 1.27 bits per heavy atom. The molecule has 2 N–H and O–H groups in total. The molecule has 1 saturated heterocycles. The van der Waals surface area contributed by atoms with Crippen LogP contribution in [0, 0.1) is 0 Å². The Morgan fingerprint density at radius 2 is 1.91 bits per heavy atom. The van der Waals surface area contributed by atoms with Crippen molar-refractivity contribution in [3.63, 3.8) is 0 Å². The molecule has 1 heterocycles. The summed E-state index contributed by atoms with van der Waals surface area (Å²) in [5, 5.41) is 12.7. The molecule has 66 valence electrons. The Kier molecular flexibility index (Phi) is 2.79. The first kappa shape index (κ1) is 9.30. The summed E-state index contributed by atoms with van der Waals surface area (Å²) >= 11 is 0. The molecule has 1 spiro atoms. The zero-order chi connectivity index (χ0) is 7.03. The molecule has 3 heteroatoms. The lowest BCUT2D eigenvalue weighted by Crippen LogP contribution is -2.35. The van der Waals surface area contributed by atoms with Crippen molar-refractivity contribution in [2.75, 3.05) is 6.54 Å². The van der Waals surface area contributed by atoms with Crippen molar-refractivity contribution in [1.29, 1.82) is 0 Å². The lowest BCUT2D eigenvalue weighted by Gasteiger charge is -2.22. The second kappa shape index (κ2) is 3.30. The van der Waals surface area contributed by atoms with Gasteiger partial charge in [-0.2, -0.15) is 0 Å². The van der Waals surface area contributed by atoms with Gasteiger partial charge < -0.3 is 10.4 Å². The summed E-state index contributed by atoms with van der Waals surface area (Å²) in [6.07, 6.45) is 6.18. The molecule has 0 aromatic heterocycles. The summed E-state index contributed by atoms with van der Waals surface area (Å²) in [7, 11) is 0. The molecule has 1 aliphatic heterocycles. The summed E-state index contributed by atoms with van der Waals surface area (Å²) < 4.78 is 0. The van der Waals surface area contributed by atoms with Gasteiger partial charge in [-0.3, -0.25) is 0 Å². The van der Waals surface area contributed by atoms with Crippen LogP contribution in [-0.2, 0) is 0 Å². The third-order valence-corrected chi connectivity index (χ3v) is 2.90. The molecule has 2 rings (SSSR count). The van der Waals surface area contributed by atoms with E-state index < -0.39 is 0 Å². The first-order chi connectivity index (χ1) is 4.81. The number of hydrogen-bond donors (Lipinski definition) is 2. The highest BCUT2D eigenvalue weighted by atomic mass is 35.5. The van der Waals surface area contributed by atoms with E-state index in [0.717, 1.165) is 13.0 Å². The molecule has 0 bridgehead atoms. The van der Waals surface area contributed by atoms with Crippen LogP contribution in [-0.4, -0.2) is 23.3 Å². The van der Waals surface area contributed by atoms with Crippen LogP contribution in [0.3, 0.4) is 0 Å². The van der Waals surface area contributed by atoms with Crippen LogP contribution in [0.4, 0.5) is 0 Å². The maximum atomic E-state index is 9.29. The number of rotatable bonds is 0. The maximum absolute atomic E-state index is 9.29. The van der Waals surface area contributed by atoms with Gasteiger partial charge in [0.15, 0.2) is 0 Å². The molecule has 0 radical (unpaired) electrons. The van der Waals surface area contributed by atoms with E-state index in [1.165, 1.54) is 25.7 Å². The topological polar surface area (TPSA) is 32.3 Å². The van der Waals surface area contributed by atoms with E-state index in [0.29, 0.717) is 5.54 Å². The monoisotopic (exact) mass is 177 g/mol. The summed E-state index contributed by atoms with van der Waals surface area (Å²) in [4.78, 5) is 0. The number of nitrogens with one attached hydrogen (secondary N) is 1. The van der Waals surface area contributed by atoms with E-state index in [4.69, 9.17) is 0 Å². The second-order valence-corrected chi connectivity index (χ2v) is 3.73. The van der Waals surface area contributed by atoms with E-state index in [1.807, 2.05) is 0 Å². The van der Waals surface area contributed by atoms with Gasteiger partial charge in [-0.1, -0.05) is 12.8 Å². The lowest BCUT2D eigenvalue weighted by atomic mass is 9.95. The Balaban J connectivity index is 0.000000605. The molecule has 1 unspecified atom stereocenters. The molecule has 1 atom stereocenters. The van der Waals surface area contributed by atoms with E-state index in [2.05, 4.69) is 5.32 Å². The summed E-state index contributed by atoms with van der Waals surface area (Å²) in [6.45, 7) is 0.819. The molecule has 0 aromatic rings. The van der Waals surface area contributed by atoms with Crippen LogP contribution in [0.5, 0.6) is 0 Å². The third-order valence-electron chi connectivity index (χ3n) is 2.90. The van der Waals surface area contributed by atoms with Gasteiger partial charge in [-0.15, -0.1) is 12.4 Å². The van der Waals surface area contributed by atoms with E-state index in [9.17, 15) is 5.11 Å². The molecule has 2 fully saturated rings. The SMILES string of the molecule is Cl.OC1CNC2(CCCC2)C1. The fourth-order valence-electron chi connectivity index (χ4n) is 2.36. The standard InChI is InChI=1S/C8H15NO.ClH/c10-7-5-8(9-6-7)3-1-2-4-8;/h7,9-10H,1-6H2;1H. The van der Waals surface area contributed by atoms with Crippen molar-refractivity contribution in [1.82, 2.24) is 5.32 Å². The van der Waals surface area contributed by atoms with Gasteiger partial charge >= 0.3 is 0 Å². The van der Waals surface area contributed by atoms with Gasteiger partial charge in [-0.05, 0) is 19.3 Å². The van der Waals surface area contributed by atoms with Crippen molar-refractivity contribution in [2.45, 2.75) is 43.7 Å². The first-order valence-electron chi connectivity index (χ1n) is 4.24. The summed E-state index contributed by atoms with van der Waals surface area (Å²) in [5.74, 6) is 0. The predicted molar refractivity (Wildman–Crippen MR) is 47.1 cm³/mol. The Labute approximate surface area is 73.8 Å². The predicted octanol–water partition coefficient (Wildman–Crippen LogP) is 1.08. The quantitative estimate of drug-likeness (QED) is 0.581. The number of hydrogen-bond acceptors (Lipinski definition) is 2. The van der Waals surface area contributed by atoms with Crippen molar-refractivity contribution in [3.8, 4) is 0 Å². The zero-order valence-electron chi connectivity index (χ0n) is 6.68. The second-order valence-electron chi connectivity index (χ2n) is 3.73. The highest BCUT2D eigenvalue weighted by Crippen LogP contribution is 2.36. The normalized spacial score (nSPS) is 34.1. The summed E-state index contributed by atoms with van der Waals surface area (Å²) in [6, 6.07) is 0. The smallest absolute Gasteiger partial charge is 0.0682 e. The van der Waals surface area contributed by atoms with Crippen molar-refractivity contribution in [3.05, 3.63) is 0 Å². The fraction of sp³-hybridized carbons (Fsp3) is 1.00. The highest BCUT2D eigenvalue weighted by Gasteiger charge is 2.39. The number of aliphatic hydroxyl groups excluding tert-OH is 1. The highest BCUT2D eigenvalue weighted by molar-refractivity contribution is 5.85. The van der Waals surface area contributed by atoms with Crippen LogP contribution in [0.1, 0.15) is 32.1 Å². The minimum absolute atomic E-state index is 0. The molecule has 0 aromatic carbocycles. The fourth-order valence-corrected chi connectivity index (χ4v) is 2.36. The van der Waals surface area contributed by atoms with Gasteiger partial charge in [0.1, 0.15) is 0 Å². The third kappa shape index (κ3) is 1.68. The van der Waals surface area contributed by atoms with Gasteiger partial charge in [0.05, 0.1) is 6.10 Å². The van der Waals surface area contributed by atoms with Gasteiger partial charge in [0.25, 0.3) is 0 Å². The van der Waals surface area contributed by atoms with E-state index in [1.54, 1.807) is 0 Å². The minimum atomic E-state index is -0.0712. The van der Waals surface area contributed by atoms with Gasteiger partial charge in [0.2, 0.25) is 0 Å².